The summed E-state index contributed by atoms with van der Waals surface area (Å²) in [5.74, 6) is 1.12. The summed E-state index contributed by atoms with van der Waals surface area (Å²) < 4.78 is 6.57. The lowest BCUT2D eigenvalue weighted by Crippen LogP contribution is -1.92. The predicted octanol–water partition coefficient (Wildman–Crippen LogP) is 4.71. The minimum atomic E-state index is 0.244. The average Bonchev–Trinajstić information content (AvgIpc) is 2.43. The number of phenolic OH excluding ortho intramolecular Hbond substituents is 1. The molecule has 0 spiro atoms. The summed E-state index contributed by atoms with van der Waals surface area (Å²) in [6.07, 6.45) is 1.87. The predicted molar refractivity (Wildman–Crippen MR) is 83.9 cm³/mol. The van der Waals surface area contributed by atoms with E-state index >= 15 is 0 Å². The Balaban J connectivity index is 2.05. The number of benzene rings is 2. The van der Waals surface area contributed by atoms with Gasteiger partial charge >= 0.3 is 0 Å². The fraction of sp³-hybridized carbons (Fsp3) is 0.200. The number of aromatic hydroxyl groups is 1. The Morgan fingerprint density at radius 1 is 0.947 bits per heavy atom. The Morgan fingerprint density at radius 2 is 1.47 bits per heavy atom. The van der Waals surface area contributed by atoms with E-state index in [1.807, 2.05) is 24.3 Å². The first-order chi connectivity index (χ1) is 9.10. The molecule has 0 saturated carbocycles. The second kappa shape index (κ2) is 6.44. The van der Waals surface area contributed by atoms with Crippen molar-refractivity contribution < 1.29 is 9.84 Å². The summed E-state index contributed by atoms with van der Waals surface area (Å²) in [5, 5.41) is 9.67. The molecule has 19 heavy (non-hydrogen) atoms. The smallest absolute Gasteiger partial charge is 0.143 e. The summed E-state index contributed by atoms with van der Waals surface area (Å²) in [7, 11) is 1.67. The van der Waals surface area contributed by atoms with E-state index in [9.17, 15) is 5.11 Å². The van der Waals surface area contributed by atoms with Crippen LogP contribution in [0, 0.1) is 0 Å². The van der Waals surface area contributed by atoms with Crippen molar-refractivity contribution in [2.75, 3.05) is 7.11 Å². The molecule has 2 rings (SSSR count). The van der Waals surface area contributed by atoms with Gasteiger partial charge in [-0.2, -0.15) is 0 Å². The molecule has 0 radical (unpaired) electrons. The molecule has 0 aliphatic carbocycles. The van der Waals surface area contributed by atoms with Gasteiger partial charge in [0.15, 0.2) is 0 Å². The number of hydrogen-bond acceptors (Lipinski definition) is 2. The van der Waals surface area contributed by atoms with Crippen LogP contribution in [0.15, 0.2) is 45.3 Å². The minimum absolute atomic E-state index is 0.244. The Kier molecular flexibility index (Phi) is 4.88. The van der Waals surface area contributed by atoms with E-state index < -0.39 is 0 Å². The van der Waals surface area contributed by atoms with Crippen LogP contribution in [0.1, 0.15) is 11.1 Å². The summed E-state index contributed by atoms with van der Waals surface area (Å²) in [6, 6.07) is 12.0. The van der Waals surface area contributed by atoms with Crippen LogP contribution in [0.25, 0.3) is 0 Å². The van der Waals surface area contributed by atoms with Crippen LogP contribution in [0.2, 0.25) is 0 Å². The first-order valence-electron chi connectivity index (χ1n) is 5.90. The van der Waals surface area contributed by atoms with Gasteiger partial charge in [0.05, 0.1) is 16.1 Å². The van der Waals surface area contributed by atoms with Gasteiger partial charge < -0.3 is 9.84 Å². The maximum Gasteiger partial charge on any atom is 0.143 e. The number of rotatable bonds is 4. The van der Waals surface area contributed by atoms with Crippen LogP contribution in [0.3, 0.4) is 0 Å². The van der Waals surface area contributed by atoms with Crippen LogP contribution >= 0.6 is 31.9 Å². The minimum Gasteiger partial charge on any atom is -0.506 e. The third-order valence-corrected chi connectivity index (χ3v) is 4.15. The Labute approximate surface area is 129 Å². The standard InChI is InChI=1S/C15H14Br2O2/c1-19-12-6-4-10(5-7-12)2-3-11-8-13(16)15(18)14(17)9-11/h4-9,18H,2-3H2,1H3. The third kappa shape index (κ3) is 3.74. The van der Waals surface area contributed by atoms with Crippen molar-refractivity contribution in [1.82, 2.24) is 0 Å². The highest BCUT2D eigenvalue weighted by atomic mass is 79.9. The van der Waals surface area contributed by atoms with Gasteiger partial charge in [0, 0.05) is 0 Å². The van der Waals surface area contributed by atoms with Gasteiger partial charge in [0.25, 0.3) is 0 Å². The largest absolute Gasteiger partial charge is 0.506 e. The van der Waals surface area contributed by atoms with E-state index in [0.717, 1.165) is 18.6 Å². The highest BCUT2D eigenvalue weighted by molar-refractivity contribution is 9.11. The molecule has 2 nitrogen and oxygen atoms in total. The van der Waals surface area contributed by atoms with E-state index in [4.69, 9.17) is 4.74 Å². The monoisotopic (exact) mass is 384 g/mol. The van der Waals surface area contributed by atoms with E-state index in [2.05, 4.69) is 44.0 Å². The van der Waals surface area contributed by atoms with Crippen LogP contribution < -0.4 is 4.74 Å². The van der Waals surface area contributed by atoms with Crippen LogP contribution in [0.4, 0.5) is 0 Å². The number of hydrogen-bond donors (Lipinski definition) is 1. The topological polar surface area (TPSA) is 29.5 Å². The zero-order valence-corrected chi connectivity index (χ0v) is 13.7. The molecule has 0 amide bonds. The normalized spacial score (nSPS) is 10.5. The molecule has 4 heteroatoms. The highest BCUT2D eigenvalue weighted by Gasteiger charge is 2.06. The van der Waals surface area contributed by atoms with Gasteiger partial charge in [0.2, 0.25) is 0 Å². The molecule has 0 saturated heterocycles. The molecule has 0 aliphatic heterocycles. The average molecular weight is 386 g/mol. The van der Waals surface area contributed by atoms with E-state index in [0.29, 0.717) is 8.95 Å². The maximum atomic E-state index is 9.67. The van der Waals surface area contributed by atoms with Gasteiger partial charge in [-0.05, 0) is 80.1 Å². The van der Waals surface area contributed by atoms with Crippen molar-refractivity contribution in [3.8, 4) is 11.5 Å². The van der Waals surface area contributed by atoms with Crippen LogP contribution in [-0.4, -0.2) is 12.2 Å². The molecule has 0 bridgehead atoms. The van der Waals surface area contributed by atoms with Gasteiger partial charge in [-0.1, -0.05) is 12.1 Å². The lowest BCUT2D eigenvalue weighted by Gasteiger charge is -2.07. The van der Waals surface area contributed by atoms with Gasteiger partial charge in [-0.15, -0.1) is 0 Å². The lowest BCUT2D eigenvalue weighted by atomic mass is 10.0. The SMILES string of the molecule is COc1ccc(CCc2cc(Br)c(O)c(Br)c2)cc1. The first-order valence-corrected chi connectivity index (χ1v) is 7.48. The van der Waals surface area contributed by atoms with Crippen LogP contribution in [-0.2, 0) is 12.8 Å². The molecule has 2 aromatic rings. The van der Waals surface area contributed by atoms with Gasteiger partial charge in [-0.25, -0.2) is 0 Å². The van der Waals surface area contributed by atoms with E-state index in [1.54, 1.807) is 7.11 Å². The Bertz CT molecular complexity index is 542. The first kappa shape index (κ1) is 14.4. The molecule has 0 aromatic heterocycles. The molecule has 2 aromatic carbocycles. The molecule has 0 fully saturated rings. The fourth-order valence-electron chi connectivity index (χ4n) is 1.84. The molecule has 0 heterocycles. The van der Waals surface area contributed by atoms with Crippen molar-refractivity contribution in [2.45, 2.75) is 12.8 Å². The third-order valence-electron chi connectivity index (χ3n) is 2.94. The highest BCUT2D eigenvalue weighted by Crippen LogP contribution is 2.33. The van der Waals surface area contributed by atoms with Crippen LogP contribution in [0.5, 0.6) is 11.5 Å². The van der Waals surface area contributed by atoms with Crippen molar-refractivity contribution in [3.05, 3.63) is 56.5 Å². The molecule has 0 unspecified atom stereocenters. The summed E-state index contributed by atoms with van der Waals surface area (Å²) >= 11 is 6.69. The zero-order chi connectivity index (χ0) is 13.8. The number of phenols is 1. The maximum absolute atomic E-state index is 9.67. The second-order valence-electron chi connectivity index (χ2n) is 4.26. The summed E-state index contributed by atoms with van der Waals surface area (Å²) in [4.78, 5) is 0. The quantitative estimate of drug-likeness (QED) is 0.825. The van der Waals surface area contributed by atoms with Gasteiger partial charge in [0.1, 0.15) is 11.5 Å². The second-order valence-corrected chi connectivity index (χ2v) is 5.96. The fourth-order valence-corrected chi connectivity index (χ4v) is 3.12. The zero-order valence-electron chi connectivity index (χ0n) is 10.5. The van der Waals surface area contributed by atoms with E-state index in [1.165, 1.54) is 11.1 Å². The summed E-state index contributed by atoms with van der Waals surface area (Å²) in [6.45, 7) is 0. The lowest BCUT2D eigenvalue weighted by molar-refractivity contribution is 0.414. The number of halogens is 2. The van der Waals surface area contributed by atoms with E-state index in [-0.39, 0.29) is 5.75 Å². The molecule has 100 valence electrons. The Hall–Kier alpha value is -1.00. The van der Waals surface area contributed by atoms with Crippen molar-refractivity contribution in [3.63, 3.8) is 0 Å². The number of ether oxygens (including phenoxy) is 1. The molecular formula is C15H14Br2O2. The van der Waals surface area contributed by atoms with Crippen molar-refractivity contribution in [2.24, 2.45) is 0 Å². The molecular weight excluding hydrogens is 372 g/mol. The van der Waals surface area contributed by atoms with Crippen molar-refractivity contribution >= 4 is 31.9 Å². The number of methoxy groups -OCH3 is 1. The Morgan fingerprint density at radius 3 is 2.00 bits per heavy atom. The van der Waals surface area contributed by atoms with Crippen molar-refractivity contribution in [1.29, 1.82) is 0 Å². The molecule has 1 N–H and O–H groups in total. The summed E-state index contributed by atoms with van der Waals surface area (Å²) in [5.41, 5.74) is 2.44. The number of aryl methyl sites for hydroxylation is 2. The molecule has 0 aliphatic rings. The van der Waals surface area contributed by atoms with Gasteiger partial charge in [-0.3, -0.25) is 0 Å². The molecule has 0 atom stereocenters.